The van der Waals surface area contributed by atoms with Crippen molar-refractivity contribution in [3.63, 3.8) is 0 Å². The van der Waals surface area contributed by atoms with E-state index in [9.17, 15) is 13.2 Å². The molecule has 0 aliphatic carbocycles. The highest BCUT2D eigenvalue weighted by Gasteiger charge is 2.22. The molecule has 4 heteroatoms. The first-order chi connectivity index (χ1) is 11.9. The Labute approximate surface area is 143 Å². The van der Waals surface area contributed by atoms with Gasteiger partial charge in [0.2, 0.25) is 0 Å². The predicted molar refractivity (Wildman–Crippen MR) is 94.9 cm³/mol. The van der Waals surface area contributed by atoms with E-state index in [0.29, 0.717) is 11.0 Å². The van der Waals surface area contributed by atoms with Crippen LogP contribution in [-0.4, -0.2) is 4.57 Å². The lowest BCUT2D eigenvalue weighted by atomic mass is 10.1. The minimum absolute atomic E-state index is 0.0498. The molecule has 0 bridgehead atoms. The van der Waals surface area contributed by atoms with Gasteiger partial charge in [-0.3, -0.25) is 0 Å². The summed E-state index contributed by atoms with van der Waals surface area (Å²) < 4.78 is 44.9. The van der Waals surface area contributed by atoms with E-state index < -0.39 is 17.5 Å². The topological polar surface area (TPSA) is 4.93 Å². The van der Waals surface area contributed by atoms with Crippen molar-refractivity contribution in [3.05, 3.63) is 76.6 Å². The number of hydrogen-bond donors (Lipinski definition) is 0. The zero-order chi connectivity index (χ0) is 17.9. The molecule has 25 heavy (non-hydrogen) atoms. The van der Waals surface area contributed by atoms with Gasteiger partial charge in [0.25, 0.3) is 0 Å². The number of aromatic nitrogens is 1. The molecule has 0 spiro atoms. The van der Waals surface area contributed by atoms with Gasteiger partial charge in [-0.15, -0.1) is 0 Å². The third-order valence-electron chi connectivity index (χ3n) is 4.62. The molecule has 0 atom stereocenters. The van der Waals surface area contributed by atoms with Gasteiger partial charge in [0.1, 0.15) is 5.69 Å². The van der Waals surface area contributed by atoms with Gasteiger partial charge in [0, 0.05) is 10.8 Å². The van der Waals surface area contributed by atoms with E-state index in [4.69, 9.17) is 0 Å². The first-order valence-electron chi connectivity index (χ1n) is 8.04. The lowest BCUT2D eigenvalue weighted by Gasteiger charge is -2.12. The zero-order valence-electron chi connectivity index (χ0n) is 14.1. The normalized spacial score (nSPS) is 11.6. The van der Waals surface area contributed by atoms with E-state index in [-0.39, 0.29) is 11.3 Å². The average molecular weight is 339 g/mol. The Hall–Kier alpha value is -2.75. The molecule has 0 saturated heterocycles. The second-order valence-electron chi connectivity index (χ2n) is 6.53. The number of halogens is 3. The summed E-state index contributed by atoms with van der Waals surface area (Å²) >= 11 is 0. The van der Waals surface area contributed by atoms with Gasteiger partial charge in [-0.2, -0.15) is 0 Å². The molecule has 1 heterocycles. The molecule has 3 aromatic carbocycles. The molecule has 4 aromatic rings. The molecule has 0 radical (unpaired) electrons. The van der Waals surface area contributed by atoms with Crippen LogP contribution in [0, 0.1) is 38.2 Å². The molecule has 0 unspecified atom stereocenters. The van der Waals surface area contributed by atoms with Crippen LogP contribution in [0.15, 0.2) is 42.5 Å². The molecule has 0 fully saturated rings. The highest BCUT2D eigenvalue weighted by Crippen LogP contribution is 2.35. The van der Waals surface area contributed by atoms with Crippen LogP contribution < -0.4 is 0 Å². The highest BCUT2D eigenvalue weighted by atomic mass is 19.2. The summed E-state index contributed by atoms with van der Waals surface area (Å²) in [4.78, 5) is 0. The van der Waals surface area contributed by atoms with Crippen LogP contribution in [-0.2, 0) is 0 Å². The van der Waals surface area contributed by atoms with Gasteiger partial charge in [-0.1, -0.05) is 23.3 Å². The maximum Gasteiger partial charge on any atom is 0.186 e. The van der Waals surface area contributed by atoms with Crippen LogP contribution in [0.1, 0.15) is 16.7 Å². The molecule has 4 rings (SSSR count). The molecule has 0 saturated carbocycles. The van der Waals surface area contributed by atoms with Crippen LogP contribution >= 0.6 is 0 Å². The summed E-state index contributed by atoms with van der Waals surface area (Å²) in [6.07, 6.45) is 0. The number of aryl methyl sites for hydroxylation is 3. The Balaban J connectivity index is 2.24. The van der Waals surface area contributed by atoms with E-state index in [1.54, 1.807) is 0 Å². The Morgan fingerprint density at radius 3 is 1.72 bits per heavy atom. The maximum absolute atomic E-state index is 14.7. The minimum atomic E-state index is -1.17. The summed E-state index contributed by atoms with van der Waals surface area (Å²) in [6.45, 7) is 5.28. The first kappa shape index (κ1) is 15.8. The van der Waals surface area contributed by atoms with Gasteiger partial charge < -0.3 is 4.57 Å². The van der Waals surface area contributed by atoms with Crippen molar-refractivity contribution in [2.24, 2.45) is 0 Å². The van der Waals surface area contributed by atoms with Gasteiger partial charge in [0.15, 0.2) is 17.5 Å². The van der Waals surface area contributed by atoms with Crippen LogP contribution in [0.5, 0.6) is 0 Å². The van der Waals surface area contributed by atoms with Gasteiger partial charge in [0.05, 0.1) is 11.0 Å². The third-order valence-corrected chi connectivity index (χ3v) is 4.62. The Kier molecular flexibility index (Phi) is 3.39. The molecule has 0 aliphatic rings. The Morgan fingerprint density at radius 1 is 0.680 bits per heavy atom. The monoisotopic (exact) mass is 339 g/mol. The molecule has 0 N–H and O–H groups in total. The first-order valence-corrected chi connectivity index (χ1v) is 8.04. The summed E-state index contributed by atoms with van der Waals surface area (Å²) in [5, 5.41) is 1.77. The van der Waals surface area contributed by atoms with Crippen molar-refractivity contribution in [1.82, 2.24) is 4.57 Å². The van der Waals surface area contributed by atoms with Gasteiger partial charge in [-0.05, 0) is 56.7 Å². The molecule has 126 valence electrons. The Bertz CT molecular complexity index is 1100. The van der Waals surface area contributed by atoms with E-state index >= 15 is 0 Å². The maximum atomic E-state index is 14.7. The third kappa shape index (κ3) is 2.24. The van der Waals surface area contributed by atoms with Crippen LogP contribution in [0.25, 0.3) is 27.5 Å². The predicted octanol–water partition coefficient (Wildman–Crippen LogP) is 6.13. The van der Waals surface area contributed by atoms with Gasteiger partial charge >= 0.3 is 0 Å². The van der Waals surface area contributed by atoms with Crippen LogP contribution in [0.2, 0.25) is 0 Å². The van der Waals surface area contributed by atoms with Crippen LogP contribution in [0.3, 0.4) is 0 Å². The average Bonchev–Trinajstić information content (AvgIpc) is 2.86. The fourth-order valence-corrected chi connectivity index (χ4v) is 3.40. The molecule has 0 aliphatic heterocycles. The molecule has 0 amide bonds. The lowest BCUT2D eigenvalue weighted by molar-refractivity contribution is 0.484. The number of nitrogens with zero attached hydrogens (tertiary/aromatic N) is 1. The fraction of sp³-hybridized carbons (Fsp3) is 0.143. The standard InChI is InChI=1S/C21H16F3N/c1-11-4-6-17-14(8-11)15-9-12(2)5-7-18(15)25(17)21-16(22)10-13(3)19(23)20(21)24/h4-10H,1-3H3. The SMILES string of the molecule is Cc1ccc2c(c1)c1cc(C)ccc1n2-c1c(F)cc(C)c(F)c1F. The number of benzene rings is 3. The zero-order valence-corrected chi connectivity index (χ0v) is 14.1. The molecular weight excluding hydrogens is 323 g/mol. The summed E-state index contributed by atoms with van der Waals surface area (Å²) in [6, 6.07) is 12.4. The van der Waals surface area contributed by atoms with Crippen LogP contribution in [0.4, 0.5) is 13.2 Å². The highest BCUT2D eigenvalue weighted by molar-refractivity contribution is 6.09. The Morgan fingerprint density at radius 2 is 1.20 bits per heavy atom. The summed E-state index contributed by atoms with van der Waals surface area (Å²) in [5.74, 6) is -2.97. The lowest BCUT2D eigenvalue weighted by Crippen LogP contribution is -2.05. The van der Waals surface area contributed by atoms with Gasteiger partial charge in [-0.25, -0.2) is 13.2 Å². The summed E-state index contributed by atoms with van der Waals surface area (Å²) in [7, 11) is 0. The number of rotatable bonds is 1. The van der Waals surface area contributed by atoms with Crippen molar-refractivity contribution >= 4 is 21.8 Å². The van der Waals surface area contributed by atoms with Crippen molar-refractivity contribution in [1.29, 1.82) is 0 Å². The van der Waals surface area contributed by atoms with E-state index in [0.717, 1.165) is 28.0 Å². The molecule has 1 nitrogen and oxygen atoms in total. The largest absolute Gasteiger partial charge is 0.304 e. The smallest absolute Gasteiger partial charge is 0.186 e. The van der Waals surface area contributed by atoms with Crippen molar-refractivity contribution in [3.8, 4) is 5.69 Å². The number of fused-ring (bicyclic) bond motifs is 3. The van der Waals surface area contributed by atoms with Crippen molar-refractivity contribution < 1.29 is 13.2 Å². The second-order valence-corrected chi connectivity index (χ2v) is 6.53. The summed E-state index contributed by atoms with van der Waals surface area (Å²) in [5.41, 5.74) is 2.95. The molecular formula is C21H16F3N. The number of hydrogen-bond acceptors (Lipinski definition) is 0. The van der Waals surface area contributed by atoms with E-state index in [1.165, 1.54) is 11.5 Å². The fourth-order valence-electron chi connectivity index (χ4n) is 3.40. The van der Waals surface area contributed by atoms with E-state index in [1.807, 2.05) is 50.2 Å². The molecule has 1 aromatic heterocycles. The quantitative estimate of drug-likeness (QED) is 0.368. The van der Waals surface area contributed by atoms with E-state index in [2.05, 4.69) is 0 Å². The minimum Gasteiger partial charge on any atom is -0.304 e. The van der Waals surface area contributed by atoms with Crippen molar-refractivity contribution in [2.45, 2.75) is 20.8 Å². The van der Waals surface area contributed by atoms with Crippen molar-refractivity contribution in [2.75, 3.05) is 0 Å². The second kappa shape index (κ2) is 5.38.